The number of nitrogens with two attached hydrogens (primary N) is 1. The van der Waals surface area contributed by atoms with Gasteiger partial charge in [-0.05, 0) is 65.4 Å². The van der Waals surface area contributed by atoms with E-state index >= 15 is 0 Å². The number of thioether (sulfide) groups is 1. The number of rotatable bonds is 6. The van der Waals surface area contributed by atoms with Crippen LogP contribution in [0, 0.1) is 0 Å². The second-order valence-corrected chi connectivity index (χ2v) is 8.25. The van der Waals surface area contributed by atoms with Gasteiger partial charge in [-0.1, -0.05) is 30.3 Å². The van der Waals surface area contributed by atoms with Gasteiger partial charge < -0.3 is 20.7 Å². The number of carbonyl (C=O) groups is 1. The van der Waals surface area contributed by atoms with E-state index in [9.17, 15) is 15.0 Å². The van der Waals surface area contributed by atoms with E-state index < -0.39 is 0 Å². The normalized spacial score (nSPS) is 16.1. The largest absolute Gasteiger partial charge is 0.504 e. The molecule has 1 heterocycles. The van der Waals surface area contributed by atoms with Crippen molar-refractivity contribution in [3.8, 4) is 11.5 Å². The summed E-state index contributed by atoms with van der Waals surface area (Å²) in [4.78, 5) is 20.2. The van der Waals surface area contributed by atoms with Crippen molar-refractivity contribution in [2.45, 2.75) is 13.2 Å². The number of hydrogen-bond acceptors (Lipinski definition) is 7. The van der Waals surface area contributed by atoms with Gasteiger partial charge in [0.05, 0.1) is 30.0 Å². The lowest BCUT2D eigenvalue weighted by atomic mass is 10.1. The predicted octanol–water partition coefficient (Wildman–Crippen LogP) is 4.16. The van der Waals surface area contributed by atoms with Crippen molar-refractivity contribution >= 4 is 40.3 Å². The molecule has 0 spiro atoms. The van der Waals surface area contributed by atoms with E-state index in [0.29, 0.717) is 33.4 Å². The Morgan fingerprint density at radius 2 is 1.85 bits per heavy atom. The fourth-order valence-electron chi connectivity index (χ4n) is 3.37. The standard InChI is InChI=1S/C25H23N3O4S/c1-32-21-12-17(11-18(15-29)23(21)30)13-22-24(31)28(20-9-7-16(14-26)8-10-20)25(33-22)27-19-5-3-2-4-6-19/h2-13,29-30H,14-15,26H2,1H3. The van der Waals surface area contributed by atoms with Crippen molar-refractivity contribution in [3.63, 3.8) is 0 Å². The minimum atomic E-state index is -0.360. The van der Waals surface area contributed by atoms with Crippen LogP contribution in [0.2, 0.25) is 0 Å². The number of amidine groups is 1. The summed E-state index contributed by atoms with van der Waals surface area (Å²) in [7, 11) is 1.43. The highest BCUT2D eigenvalue weighted by molar-refractivity contribution is 8.19. The maximum Gasteiger partial charge on any atom is 0.271 e. The third-order valence-electron chi connectivity index (χ3n) is 5.08. The van der Waals surface area contributed by atoms with E-state index in [1.54, 1.807) is 23.1 Å². The van der Waals surface area contributed by atoms with Gasteiger partial charge in [0.2, 0.25) is 0 Å². The summed E-state index contributed by atoms with van der Waals surface area (Å²) < 4.78 is 5.21. The average Bonchev–Trinajstić information content (AvgIpc) is 3.14. The summed E-state index contributed by atoms with van der Waals surface area (Å²) in [5.41, 5.74) is 9.01. The van der Waals surface area contributed by atoms with Crippen LogP contribution in [0.25, 0.3) is 6.08 Å². The van der Waals surface area contributed by atoms with E-state index in [1.165, 1.54) is 18.9 Å². The lowest BCUT2D eigenvalue weighted by Gasteiger charge is -2.16. The molecule has 1 saturated heterocycles. The number of nitrogens with zero attached hydrogens (tertiary/aromatic N) is 2. The minimum Gasteiger partial charge on any atom is -0.504 e. The first kappa shape index (κ1) is 22.6. The first-order chi connectivity index (χ1) is 16.0. The molecule has 4 N–H and O–H groups in total. The zero-order chi connectivity index (χ0) is 23.4. The number of aliphatic hydroxyl groups excluding tert-OH is 1. The van der Waals surface area contributed by atoms with Gasteiger partial charge >= 0.3 is 0 Å². The second-order valence-electron chi connectivity index (χ2n) is 7.24. The Balaban J connectivity index is 1.78. The molecular weight excluding hydrogens is 438 g/mol. The Kier molecular flexibility index (Phi) is 6.79. The Morgan fingerprint density at radius 1 is 1.12 bits per heavy atom. The van der Waals surface area contributed by atoms with Crippen molar-refractivity contribution in [2.75, 3.05) is 12.0 Å². The Labute approximate surface area is 195 Å². The number of ether oxygens (including phenoxy) is 1. The summed E-state index contributed by atoms with van der Waals surface area (Å²) in [6.07, 6.45) is 1.70. The van der Waals surface area contributed by atoms with Gasteiger partial charge in [-0.3, -0.25) is 9.69 Å². The maximum atomic E-state index is 13.4. The van der Waals surface area contributed by atoms with E-state index in [4.69, 9.17) is 15.5 Å². The Bertz CT molecular complexity index is 1200. The number of benzene rings is 3. The van der Waals surface area contributed by atoms with Crippen molar-refractivity contribution in [1.29, 1.82) is 0 Å². The number of aliphatic hydroxyl groups is 1. The number of phenols is 1. The number of amides is 1. The van der Waals surface area contributed by atoms with Gasteiger partial charge in [-0.15, -0.1) is 0 Å². The van der Waals surface area contributed by atoms with Crippen LogP contribution in [0.4, 0.5) is 11.4 Å². The average molecular weight is 462 g/mol. The molecule has 3 aromatic carbocycles. The number of hydrogen-bond donors (Lipinski definition) is 3. The summed E-state index contributed by atoms with van der Waals surface area (Å²) in [5.74, 6) is -0.135. The van der Waals surface area contributed by atoms with Gasteiger partial charge in [0, 0.05) is 12.1 Å². The fraction of sp³-hybridized carbons (Fsp3) is 0.120. The molecule has 7 nitrogen and oxygen atoms in total. The summed E-state index contributed by atoms with van der Waals surface area (Å²) in [6.45, 7) is 0.0512. The first-order valence-corrected chi connectivity index (χ1v) is 11.0. The smallest absolute Gasteiger partial charge is 0.271 e. The summed E-state index contributed by atoms with van der Waals surface area (Å²) in [6, 6.07) is 20.1. The van der Waals surface area contributed by atoms with Gasteiger partial charge in [0.25, 0.3) is 5.91 Å². The number of anilines is 1. The van der Waals surface area contributed by atoms with Crippen LogP contribution in [0.3, 0.4) is 0 Å². The van der Waals surface area contributed by atoms with Crippen LogP contribution in [-0.2, 0) is 17.9 Å². The molecular formula is C25H23N3O4S. The molecule has 0 saturated carbocycles. The molecule has 0 aromatic heterocycles. The van der Waals surface area contributed by atoms with Crippen LogP contribution < -0.4 is 15.4 Å². The van der Waals surface area contributed by atoms with E-state index in [-0.39, 0.29) is 24.0 Å². The predicted molar refractivity (Wildman–Crippen MR) is 132 cm³/mol. The first-order valence-electron chi connectivity index (χ1n) is 10.2. The molecule has 33 heavy (non-hydrogen) atoms. The van der Waals surface area contributed by atoms with Gasteiger partial charge in [0.1, 0.15) is 0 Å². The van der Waals surface area contributed by atoms with Crippen LogP contribution in [0.1, 0.15) is 16.7 Å². The number of aliphatic imine (C=N–C) groups is 1. The molecule has 8 heteroatoms. The van der Waals surface area contributed by atoms with Gasteiger partial charge in [-0.25, -0.2) is 4.99 Å². The second kappa shape index (κ2) is 9.91. The van der Waals surface area contributed by atoms with Crippen molar-refractivity contribution in [3.05, 3.63) is 88.3 Å². The fourth-order valence-corrected chi connectivity index (χ4v) is 4.37. The highest BCUT2D eigenvalue weighted by Gasteiger charge is 2.34. The van der Waals surface area contributed by atoms with Crippen LogP contribution in [0.15, 0.2) is 76.6 Å². The monoisotopic (exact) mass is 461 g/mol. The molecule has 0 radical (unpaired) electrons. The molecule has 0 unspecified atom stereocenters. The Hall–Kier alpha value is -3.59. The number of aromatic hydroxyl groups is 1. The van der Waals surface area contributed by atoms with Crippen molar-refractivity contribution in [1.82, 2.24) is 0 Å². The molecule has 0 atom stereocenters. The minimum absolute atomic E-state index is 0.125. The highest BCUT2D eigenvalue weighted by Crippen LogP contribution is 2.39. The summed E-state index contributed by atoms with van der Waals surface area (Å²) in [5, 5.41) is 20.2. The van der Waals surface area contributed by atoms with Crippen LogP contribution in [-0.4, -0.2) is 28.4 Å². The van der Waals surface area contributed by atoms with Gasteiger partial charge in [0.15, 0.2) is 16.7 Å². The Morgan fingerprint density at radius 3 is 2.48 bits per heavy atom. The van der Waals surface area contributed by atoms with E-state index in [2.05, 4.69) is 0 Å². The molecule has 0 aliphatic carbocycles. The quantitative estimate of drug-likeness (QED) is 0.476. The third kappa shape index (κ3) is 4.78. The molecule has 3 aromatic rings. The number of carbonyl (C=O) groups excluding carboxylic acids is 1. The van der Waals surface area contributed by atoms with E-state index in [0.717, 1.165) is 11.3 Å². The lowest BCUT2D eigenvalue weighted by molar-refractivity contribution is -0.113. The molecule has 168 valence electrons. The molecule has 1 aliphatic heterocycles. The molecule has 1 amide bonds. The zero-order valence-corrected chi connectivity index (χ0v) is 18.7. The third-order valence-corrected chi connectivity index (χ3v) is 6.05. The van der Waals surface area contributed by atoms with Crippen LogP contribution in [0.5, 0.6) is 11.5 Å². The molecule has 4 rings (SSSR count). The highest BCUT2D eigenvalue weighted by atomic mass is 32.2. The number of methoxy groups -OCH3 is 1. The van der Waals surface area contributed by atoms with E-state index in [1.807, 2.05) is 54.6 Å². The van der Waals surface area contributed by atoms with Crippen molar-refractivity contribution < 1.29 is 19.7 Å². The maximum absolute atomic E-state index is 13.4. The van der Waals surface area contributed by atoms with Crippen LogP contribution >= 0.6 is 11.8 Å². The van der Waals surface area contributed by atoms with Gasteiger partial charge in [-0.2, -0.15) is 0 Å². The number of para-hydroxylation sites is 1. The molecule has 0 bridgehead atoms. The lowest BCUT2D eigenvalue weighted by Crippen LogP contribution is -2.28. The summed E-state index contributed by atoms with van der Waals surface area (Å²) >= 11 is 1.25. The zero-order valence-electron chi connectivity index (χ0n) is 17.9. The SMILES string of the molecule is COc1cc(C=C2SC(=Nc3ccccc3)N(c3ccc(CN)cc3)C2=O)cc(CO)c1O. The molecule has 1 fully saturated rings. The van der Waals surface area contributed by atoms with Crippen molar-refractivity contribution in [2.24, 2.45) is 10.7 Å². The molecule has 1 aliphatic rings. The topological polar surface area (TPSA) is 108 Å².